The van der Waals surface area contributed by atoms with Crippen LogP contribution in [0.15, 0.2) is 57.9 Å². The minimum atomic E-state index is -3.61. The highest BCUT2D eigenvalue weighted by atomic mass is 32.2. The maximum Gasteiger partial charge on any atom is 0.243 e. The lowest BCUT2D eigenvalue weighted by Gasteiger charge is -2.30. The van der Waals surface area contributed by atoms with Gasteiger partial charge in [0, 0.05) is 18.7 Å². The third-order valence-corrected chi connectivity index (χ3v) is 7.52. The number of hydrogen-bond acceptors (Lipinski definition) is 5. The fourth-order valence-electron chi connectivity index (χ4n) is 3.76. The fraction of sp³-hybridized carbons (Fsp3) is 0.391. The number of nitrogens with zero attached hydrogens (tertiary/aromatic N) is 3. The van der Waals surface area contributed by atoms with Crippen molar-refractivity contribution in [2.45, 2.75) is 49.8 Å². The summed E-state index contributed by atoms with van der Waals surface area (Å²) in [6.45, 7) is 7.02. The van der Waals surface area contributed by atoms with Gasteiger partial charge < -0.3 is 4.52 Å². The fourth-order valence-corrected chi connectivity index (χ4v) is 5.28. The Labute approximate surface area is 182 Å². The molecule has 0 spiro atoms. The zero-order chi connectivity index (χ0) is 22.2. The first-order chi connectivity index (χ1) is 14.6. The number of piperidine rings is 1. The van der Waals surface area contributed by atoms with Crippen LogP contribution in [0.5, 0.6) is 0 Å². The molecule has 8 heteroatoms. The molecule has 31 heavy (non-hydrogen) atoms. The normalized spacial score (nSPS) is 18.3. The summed E-state index contributed by atoms with van der Waals surface area (Å²) in [6, 6.07) is 13.0. The minimum Gasteiger partial charge on any atom is -0.339 e. The van der Waals surface area contributed by atoms with Crippen LogP contribution in [0.25, 0.3) is 11.4 Å². The maximum atomic E-state index is 13.2. The minimum absolute atomic E-state index is 0.0430. The van der Waals surface area contributed by atoms with Gasteiger partial charge in [-0.25, -0.2) is 12.8 Å². The Bertz CT molecular complexity index is 1150. The molecule has 2 heterocycles. The Morgan fingerprint density at radius 3 is 2.39 bits per heavy atom. The summed E-state index contributed by atoms with van der Waals surface area (Å²) in [5.74, 6) is 0.255. The second kappa shape index (κ2) is 8.16. The topological polar surface area (TPSA) is 76.3 Å². The first-order valence-electron chi connectivity index (χ1n) is 10.3. The lowest BCUT2D eigenvalue weighted by atomic mass is 9.87. The van der Waals surface area contributed by atoms with Crippen LogP contribution in [0.2, 0.25) is 0 Å². The van der Waals surface area contributed by atoms with Gasteiger partial charge in [0.25, 0.3) is 0 Å². The highest BCUT2D eigenvalue weighted by molar-refractivity contribution is 7.89. The Morgan fingerprint density at radius 1 is 1.06 bits per heavy atom. The van der Waals surface area contributed by atoms with Gasteiger partial charge >= 0.3 is 0 Å². The quantitative estimate of drug-likeness (QED) is 0.582. The summed E-state index contributed by atoms with van der Waals surface area (Å²) >= 11 is 0. The molecule has 1 aliphatic heterocycles. The highest BCUT2D eigenvalue weighted by Gasteiger charge is 2.33. The van der Waals surface area contributed by atoms with Crippen LogP contribution in [0, 0.1) is 5.82 Å². The van der Waals surface area contributed by atoms with Crippen molar-refractivity contribution in [1.82, 2.24) is 14.4 Å². The van der Waals surface area contributed by atoms with Gasteiger partial charge in [-0.05, 0) is 60.2 Å². The Kier molecular flexibility index (Phi) is 5.70. The summed E-state index contributed by atoms with van der Waals surface area (Å²) in [5.41, 5.74) is 1.69. The van der Waals surface area contributed by atoms with Crippen LogP contribution in [0.3, 0.4) is 0 Å². The van der Waals surface area contributed by atoms with Gasteiger partial charge in [0.2, 0.25) is 21.7 Å². The van der Waals surface area contributed by atoms with Gasteiger partial charge in [-0.15, -0.1) is 0 Å². The summed E-state index contributed by atoms with van der Waals surface area (Å²) in [7, 11) is -3.61. The molecule has 164 valence electrons. The molecule has 1 aliphatic rings. The van der Waals surface area contributed by atoms with Crippen molar-refractivity contribution < 1.29 is 17.3 Å². The Balaban J connectivity index is 1.52. The summed E-state index contributed by atoms with van der Waals surface area (Å²) in [6.07, 6.45) is 1.47. The molecule has 6 nitrogen and oxygen atoms in total. The zero-order valence-corrected chi connectivity index (χ0v) is 18.7. The second-order valence-electron chi connectivity index (χ2n) is 8.94. The molecule has 0 amide bonds. The van der Waals surface area contributed by atoms with E-state index < -0.39 is 10.0 Å². The van der Waals surface area contributed by atoms with Gasteiger partial charge in [-0.2, -0.15) is 9.29 Å². The molecule has 1 fully saturated rings. The molecule has 0 aliphatic carbocycles. The molecule has 3 aromatic rings. The molecule has 1 saturated heterocycles. The van der Waals surface area contributed by atoms with E-state index >= 15 is 0 Å². The van der Waals surface area contributed by atoms with E-state index in [1.54, 1.807) is 24.3 Å². The first-order valence-corrected chi connectivity index (χ1v) is 11.8. The third-order valence-electron chi connectivity index (χ3n) is 5.64. The molecular weight excluding hydrogens is 417 g/mol. The van der Waals surface area contributed by atoms with Gasteiger partial charge in [0.05, 0.1) is 10.8 Å². The highest BCUT2D eigenvalue weighted by Crippen LogP contribution is 2.31. The smallest absolute Gasteiger partial charge is 0.243 e. The van der Waals surface area contributed by atoms with E-state index in [1.165, 1.54) is 16.4 Å². The molecule has 0 bridgehead atoms. The zero-order valence-electron chi connectivity index (χ0n) is 17.9. The Morgan fingerprint density at radius 2 is 1.74 bits per heavy atom. The van der Waals surface area contributed by atoms with Gasteiger partial charge in [-0.1, -0.05) is 38.1 Å². The van der Waals surface area contributed by atoms with E-state index in [2.05, 4.69) is 30.9 Å². The van der Waals surface area contributed by atoms with E-state index in [0.29, 0.717) is 35.1 Å². The van der Waals surface area contributed by atoms with Crippen molar-refractivity contribution in [2.75, 3.05) is 13.1 Å². The van der Waals surface area contributed by atoms with Crippen molar-refractivity contribution in [3.8, 4) is 11.4 Å². The number of rotatable bonds is 4. The van der Waals surface area contributed by atoms with Crippen LogP contribution in [-0.2, 0) is 15.4 Å². The van der Waals surface area contributed by atoms with Crippen molar-refractivity contribution >= 4 is 10.0 Å². The SMILES string of the molecule is CC(C)(C)c1ccc(S(=O)(=O)N2CCC[C@@H](c3nc(-c4ccc(F)cc4)no3)C2)cc1. The molecule has 4 rings (SSSR count). The maximum absolute atomic E-state index is 13.2. The van der Waals surface area contributed by atoms with Crippen LogP contribution in [0.4, 0.5) is 4.39 Å². The standard InChI is InChI=1S/C23H26FN3O3S/c1-23(2,3)18-8-12-20(13-9-18)31(28,29)27-14-4-5-17(15-27)22-25-21(26-30-22)16-6-10-19(24)11-7-16/h6-13,17H,4-5,14-15H2,1-3H3/t17-/m1/s1. The molecule has 0 radical (unpaired) electrons. The lowest BCUT2D eigenvalue weighted by Crippen LogP contribution is -2.39. The molecule has 0 N–H and O–H groups in total. The number of halogens is 1. The average Bonchev–Trinajstić information content (AvgIpc) is 3.24. The van der Waals surface area contributed by atoms with Crippen molar-refractivity contribution in [3.05, 3.63) is 65.8 Å². The average molecular weight is 444 g/mol. The predicted octanol–water partition coefficient (Wildman–Crippen LogP) is 4.74. The molecular formula is C23H26FN3O3S. The number of aromatic nitrogens is 2. The number of benzene rings is 2. The van der Waals surface area contributed by atoms with E-state index in [1.807, 2.05) is 12.1 Å². The van der Waals surface area contributed by atoms with Gasteiger partial charge in [-0.3, -0.25) is 0 Å². The summed E-state index contributed by atoms with van der Waals surface area (Å²) < 4.78 is 46.5. The van der Waals surface area contributed by atoms with Crippen LogP contribution >= 0.6 is 0 Å². The third kappa shape index (κ3) is 4.55. The second-order valence-corrected chi connectivity index (χ2v) is 10.9. The monoisotopic (exact) mass is 443 g/mol. The summed E-state index contributed by atoms with van der Waals surface area (Å²) in [5, 5.41) is 3.99. The number of hydrogen-bond donors (Lipinski definition) is 0. The molecule has 1 aromatic heterocycles. The molecule has 2 aromatic carbocycles. The largest absolute Gasteiger partial charge is 0.339 e. The van der Waals surface area contributed by atoms with Gasteiger partial charge in [0.15, 0.2) is 0 Å². The molecule has 1 atom stereocenters. The van der Waals surface area contributed by atoms with Crippen LogP contribution in [0.1, 0.15) is 51.0 Å². The van der Waals surface area contributed by atoms with Crippen LogP contribution in [-0.4, -0.2) is 36.0 Å². The lowest BCUT2D eigenvalue weighted by molar-refractivity contribution is 0.265. The summed E-state index contributed by atoms with van der Waals surface area (Å²) in [4.78, 5) is 4.73. The van der Waals surface area contributed by atoms with Gasteiger partial charge in [0.1, 0.15) is 5.82 Å². The van der Waals surface area contributed by atoms with Crippen molar-refractivity contribution in [3.63, 3.8) is 0 Å². The van der Waals surface area contributed by atoms with Crippen molar-refractivity contribution in [2.24, 2.45) is 0 Å². The first kappa shape index (κ1) is 21.6. The van der Waals surface area contributed by atoms with E-state index in [9.17, 15) is 12.8 Å². The Hall–Kier alpha value is -2.58. The van der Waals surface area contributed by atoms with Crippen LogP contribution < -0.4 is 0 Å². The van der Waals surface area contributed by atoms with Crippen molar-refractivity contribution in [1.29, 1.82) is 0 Å². The molecule has 0 saturated carbocycles. The van der Waals surface area contributed by atoms with E-state index in [0.717, 1.165) is 12.0 Å². The molecule has 0 unspecified atom stereocenters. The number of sulfonamides is 1. The van der Waals surface area contributed by atoms with E-state index in [-0.39, 0.29) is 23.7 Å². The predicted molar refractivity (Wildman–Crippen MR) is 116 cm³/mol. The van der Waals surface area contributed by atoms with E-state index in [4.69, 9.17) is 4.52 Å².